The molecule has 0 spiro atoms. The van der Waals surface area contributed by atoms with E-state index in [1.54, 1.807) is 6.07 Å². The number of H-pyrrole nitrogens is 1. The van der Waals surface area contributed by atoms with Gasteiger partial charge in [-0.25, -0.2) is 9.78 Å². The van der Waals surface area contributed by atoms with Crippen LogP contribution in [0.5, 0.6) is 0 Å². The normalized spacial score (nSPS) is 22.4. The second kappa shape index (κ2) is 7.50. The van der Waals surface area contributed by atoms with Crippen molar-refractivity contribution in [3.05, 3.63) is 38.2 Å². The third-order valence-corrected chi connectivity index (χ3v) is 5.76. The first-order valence-corrected chi connectivity index (χ1v) is 10.2. The molecule has 2 aliphatic rings. The first kappa shape index (κ1) is 18.9. The van der Waals surface area contributed by atoms with Gasteiger partial charge in [0.25, 0.3) is 11.5 Å². The third-order valence-electron chi connectivity index (χ3n) is 5.76. The Labute approximate surface area is 162 Å². The number of carbonyl (C=O) groups is 1. The van der Waals surface area contributed by atoms with Crippen molar-refractivity contribution in [2.45, 2.75) is 76.4 Å². The summed E-state index contributed by atoms with van der Waals surface area (Å²) in [6.07, 6.45) is 6.19. The average Bonchev–Trinajstić information content (AvgIpc) is 3.51. The summed E-state index contributed by atoms with van der Waals surface area (Å²) in [6, 6.07) is 1.99. The number of carbonyl (C=O) groups excluding carboxylic acids is 1. The van der Waals surface area contributed by atoms with Crippen LogP contribution in [0.4, 0.5) is 0 Å². The fourth-order valence-corrected chi connectivity index (χ4v) is 4.02. The van der Waals surface area contributed by atoms with Gasteiger partial charge in [0.1, 0.15) is 0 Å². The Hall–Kier alpha value is -2.48. The fraction of sp³-hybridized carbons (Fsp3) is 0.600. The van der Waals surface area contributed by atoms with Crippen LogP contribution in [0.3, 0.4) is 0 Å². The SMILES string of the molecule is CCCn1c(=O)[nH]c(=O)c2c(C(=O)NC3CCC(N)CC3)cc(C3CC3)nc21. The van der Waals surface area contributed by atoms with Crippen LogP contribution in [-0.2, 0) is 6.54 Å². The molecule has 2 aromatic heterocycles. The van der Waals surface area contributed by atoms with Crippen molar-refractivity contribution in [3.8, 4) is 0 Å². The lowest BCUT2D eigenvalue weighted by Crippen LogP contribution is -2.41. The molecule has 4 N–H and O–H groups in total. The number of hydrogen-bond acceptors (Lipinski definition) is 5. The smallest absolute Gasteiger partial charge is 0.329 e. The first-order valence-electron chi connectivity index (χ1n) is 10.2. The van der Waals surface area contributed by atoms with E-state index in [-0.39, 0.29) is 23.4 Å². The van der Waals surface area contributed by atoms with Crippen molar-refractivity contribution >= 4 is 16.9 Å². The molecule has 0 saturated heterocycles. The minimum atomic E-state index is -0.557. The van der Waals surface area contributed by atoms with Crippen molar-refractivity contribution in [1.82, 2.24) is 19.9 Å². The van der Waals surface area contributed by atoms with Crippen LogP contribution in [0.2, 0.25) is 0 Å². The number of aromatic amines is 1. The molecule has 2 heterocycles. The fourth-order valence-electron chi connectivity index (χ4n) is 4.02. The summed E-state index contributed by atoms with van der Waals surface area (Å²) in [5, 5.41) is 3.26. The highest BCUT2D eigenvalue weighted by atomic mass is 16.2. The molecule has 2 aliphatic carbocycles. The second-order valence-corrected chi connectivity index (χ2v) is 8.06. The molecule has 4 rings (SSSR count). The van der Waals surface area contributed by atoms with E-state index in [9.17, 15) is 14.4 Å². The van der Waals surface area contributed by atoms with Crippen molar-refractivity contribution in [3.63, 3.8) is 0 Å². The molecular weight excluding hydrogens is 358 g/mol. The van der Waals surface area contributed by atoms with E-state index in [0.717, 1.165) is 50.6 Å². The standard InChI is InChI=1S/C20H27N5O3/c1-2-9-25-17-16(19(27)24-20(25)28)14(10-15(23-17)11-3-4-11)18(26)22-13-7-5-12(21)6-8-13/h10-13H,2-9,21H2,1H3,(H,22,26)(H,24,27,28). The molecule has 28 heavy (non-hydrogen) atoms. The lowest BCUT2D eigenvalue weighted by molar-refractivity contribution is 0.0927. The summed E-state index contributed by atoms with van der Waals surface area (Å²) in [4.78, 5) is 45.0. The van der Waals surface area contributed by atoms with Crippen LogP contribution in [0.15, 0.2) is 15.7 Å². The van der Waals surface area contributed by atoms with Crippen molar-refractivity contribution < 1.29 is 4.79 Å². The number of fused-ring (bicyclic) bond motifs is 1. The Morgan fingerprint density at radius 3 is 2.61 bits per heavy atom. The summed E-state index contributed by atoms with van der Waals surface area (Å²) >= 11 is 0. The monoisotopic (exact) mass is 385 g/mol. The lowest BCUT2D eigenvalue weighted by Gasteiger charge is -2.27. The number of pyridine rings is 1. The number of aromatic nitrogens is 3. The molecular formula is C20H27N5O3. The molecule has 0 radical (unpaired) electrons. The largest absolute Gasteiger partial charge is 0.349 e. The number of rotatable bonds is 5. The number of nitrogens with one attached hydrogen (secondary N) is 2. The Bertz CT molecular complexity index is 1010. The topological polar surface area (TPSA) is 123 Å². The molecule has 0 atom stereocenters. The zero-order valence-corrected chi connectivity index (χ0v) is 16.2. The summed E-state index contributed by atoms with van der Waals surface area (Å²) in [5.41, 5.74) is 6.34. The van der Waals surface area contributed by atoms with Gasteiger partial charge in [-0.3, -0.25) is 19.1 Å². The molecule has 1 amide bonds. The van der Waals surface area contributed by atoms with E-state index in [0.29, 0.717) is 23.7 Å². The Kier molecular flexibility index (Phi) is 5.05. The number of amides is 1. The van der Waals surface area contributed by atoms with Gasteiger partial charge in [-0.15, -0.1) is 0 Å². The Morgan fingerprint density at radius 2 is 1.96 bits per heavy atom. The Balaban J connectivity index is 1.80. The van der Waals surface area contributed by atoms with E-state index in [1.807, 2.05) is 6.92 Å². The minimum Gasteiger partial charge on any atom is -0.349 e. The zero-order valence-electron chi connectivity index (χ0n) is 16.2. The van der Waals surface area contributed by atoms with Gasteiger partial charge in [-0.05, 0) is 51.0 Å². The van der Waals surface area contributed by atoms with Crippen LogP contribution in [0, 0.1) is 0 Å². The predicted octanol–water partition coefficient (Wildman–Crippen LogP) is 1.37. The number of hydrogen-bond donors (Lipinski definition) is 3. The quantitative estimate of drug-likeness (QED) is 0.717. The van der Waals surface area contributed by atoms with Gasteiger partial charge in [0.15, 0.2) is 5.65 Å². The highest BCUT2D eigenvalue weighted by Crippen LogP contribution is 2.39. The molecule has 0 unspecified atom stereocenters. The van der Waals surface area contributed by atoms with E-state index in [1.165, 1.54) is 4.57 Å². The highest BCUT2D eigenvalue weighted by Gasteiger charge is 2.29. The van der Waals surface area contributed by atoms with Crippen molar-refractivity contribution in [2.75, 3.05) is 0 Å². The molecule has 2 aromatic rings. The summed E-state index contributed by atoms with van der Waals surface area (Å²) in [6.45, 7) is 2.39. The Morgan fingerprint density at radius 1 is 1.25 bits per heavy atom. The van der Waals surface area contributed by atoms with E-state index in [4.69, 9.17) is 5.73 Å². The second-order valence-electron chi connectivity index (χ2n) is 8.06. The maximum absolute atomic E-state index is 13.1. The molecule has 0 bridgehead atoms. The highest BCUT2D eigenvalue weighted by molar-refractivity contribution is 6.05. The lowest BCUT2D eigenvalue weighted by atomic mass is 9.91. The molecule has 2 saturated carbocycles. The van der Waals surface area contributed by atoms with Crippen LogP contribution in [-0.4, -0.2) is 32.5 Å². The van der Waals surface area contributed by atoms with Crippen LogP contribution in [0.25, 0.3) is 11.0 Å². The van der Waals surface area contributed by atoms with Crippen molar-refractivity contribution in [2.24, 2.45) is 5.73 Å². The first-order chi connectivity index (χ1) is 13.5. The van der Waals surface area contributed by atoms with Crippen LogP contribution >= 0.6 is 0 Å². The summed E-state index contributed by atoms with van der Waals surface area (Å²) < 4.78 is 1.47. The molecule has 150 valence electrons. The molecule has 8 nitrogen and oxygen atoms in total. The average molecular weight is 385 g/mol. The van der Waals surface area contributed by atoms with E-state index < -0.39 is 11.2 Å². The van der Waals surface area contributed by atoms with Gasteiger partial charge >= 0.3 is 5.69 Å². The molecule has 0 aromatic carbocycles. The van der Waals surface area contributed by atoms with Gasteiger partial charge in [-0.2, -0.15) is 0 Å². The maximum Gasteiger partial charge on any atom is 0.329 e. The molecule has 8 heteroatoms. The number of nitrogens with two attached hydrogens (primary N) is 1. The van der Waals surface area contributed by atoms with E-state index >= 15 is 0 Å². The predicted molar refractivity (Wildman–Crippen MR) is 107 cm³/mol. The summed E-state index contributed by atoms with van der Waals surface area (Å²) in [5.74, 6) is 0.0232. The van der Waals surface area contributed by atoms with Gasteiger partial charge in [-0.1, -0.05) is 6.92 Å². The molecule has 0 aliphatic heterocycles. The number of nitrogens with zero attached hydrogens (tertiary/aromatic N) is 2. The number of aryl methyl sites for hydroxylation is 1. The van der Waals surface area contributed by atoms with E-state index in [2.05, 4.69) is 15.3 Å². The minimum absolute atomic E-state index is 0.0560. The van der Waals surface area contributed by atoms with Gasteiger partial charge in [0.2, 0.25) is 0 Å². The van der Waals surface area contributed by atoms with Gasteiger partial charge in [0, 0.05) is 30.2 Å². The molecule has 2 fully saturated rings. The van der Waals surface area contributed by atoms with Crippen LogP contribution in [0.1, 0.15) is 73.8 Å². The third kappa shape index (κ3) is 3.61. The zero-order chi connectivity index (χ0) is 19.8. The van der Waals surface area contributed by atoms with Gasteiger partial charge in [0.05, 0.1) is 10.9 Å². The van der Waals surface area contributed by atoms with Crippen LogP contribution < -0.4 is 22.3 Å². The maximum atomic E-state index is 13.1. The van der Waals surface area contributed by atoms with Crippen molar-refractivity contribution in [1.29, 1.82) is 0 Å². The summed E-state index contributed by atoms with van der Waals surface area (Å²) in [7, 11) is 0. The van der Waals surface area contributed by atoms with Gasteiger partial charge < -0.3 is 11.1 Å².